The minimum atomic E-state index is -1.70. The molecule has 0 aliphatic heterocycles. The van der Waals surface area contributed by atoms with Crippen LogP contribution >= 0.6 is 0 Å². The fourth-order valence-corrected chi connectivity index (χ4v) is 2.29. The topological polar surface area (TPSA) is 268 Å². The molecule has 0 aromatic carbocycles. The average Bonchev–Trinajstić information content (AvgIpc) is 2.67. The Bertz CT molecular complexity index is 756. The van der Waals surface area contributed by atoms with Gasteiger partial charge in [-0.3, -0.25) is 28.8 Å². The fourth-order valence-electron chi connectivity index (χ4n) is 2.29. The number of hydrogen-bond acceptors (Lipinski definition) is 8. The van der Waals surface area contributed by atoms with Crippen LogP contribution in [0.5, 0.6) is 0 Å². The minimum Gasteiger partial charge on any atom is -0.481 e. The van der Waals surface area contributed by atoms with Gasteiger partial charge in [-0.2, -0.15) is 0 Å². The molecule has 0 radical (unpaired) electrons. The molecule has 0 spiro atoms. The molecule has 0 aromatic rings. The molecule has 0 heterocycles. The van der Waals surface area contributed by atoms with Crippen LogP contribution in [-0.2, 0) is 33.6 Å². The number of carboxylic acid groups (broad SMARTS) is 3. The van der Waals surface area contributed by atoms with E-state index in [0.29, 0.717) is 0 Å². The molecule has 0 aliphatic rings. The molecule has 32 heavy (non-hydrogen) atoms. The van der Waals surface area contributed by atoms with Crippen LogP contribution in [0.3, 0.4) is 0 Å². The van der Waals surface area contributed by atoms with Crippen LogP contribution in [0.2, 0.25) is 0 Å². The molecule has 0 rings (SSSR count). The van der Waals surface area contributed by atoms with E-state index >= 15 is 0 Å². The van der Waals surface area contributed by atoms with E-state index in [4.69, 9.17) is 26.8 Å². The van der Waals surface area contributed by atoms with E-state index in [1.165, 1.54) is 6.92 Å². The third kappa shape index (κ3) is 11.4. The second-order valence-corrected chi connectivity index (χ2v) is 6.83. The number of rotatable bonds is 15. The Hall–Kier alpha value is -3.75. The maximum Gasteiger partial charge on any atom is 0.326 e. The molecule has 15 heteroatoms. The van der Waals surface area contributed by atoms with Crippen molar-refractivity contribution in [3.8, 4) is 0 Å². The molecule has 15 nitrogen and oxygen atoms in total. The van der Waals surface area contributed by atoms with Crippen LogP contribution in [-0.4, -0.2) is 81.0 Å². The molecular formula is C17H27N5O10. The Balaban J connectivity index is 5.10. The van der Waals surface area contributed by atoms with Crippen LogP contribution in [0.15, 0.2) is 0 Å². The van der Waals surface area contributed by atoms with Gasteiger partial charge in [-0.15, -0.1) is 0 Å². The van der Waals surface area contributed by atoms with Gasteiger partial charge < -0.3 is 42.7 Å². The SMILES string of the molecule is CC(NC(=O)C(N)CCC(=O)O)C(=O)NC(CC(=O)O)C(=O)NC(CCC(N)=O)C(=O)O. The average molecular weight is 461 g/mol. The van der Waals surface area contributed by atoms with E-state index in [9.17, 15) is 33.6 Å². The number of amides is 4. The summed E-state index contributed by atoms with van der Waals surface area (Å²) in [5, 5.41) is 33.0. The Morgan fingerprint density at radius 3 is 1.78 bits per heavy atom. The number of carbonyl (C=O) groups excluding carboxylic acids is 4. The zero-order valence-electron chi connectivity index (χ0n) is 17.2. The van der Waals surface area contributed by atoms with Crippen molar-refractivity contribution in [2.75, 3.05) is 0 Å². The first-order valence-electron chi connectivity index (χ1n) is 9.36. The van der Waals surface area contributed by atoms with Crippen molar-refractivity contribution in [1.29, 1.82) is 0 Å². The normalized spacial score (nSPS) is 14.2. The lowest BCUT2D eigenvalue weighted by atomic mass is 10.1. The maximum absolute atomic E-state index is 12.3. The molecule has 0 saturated heterocycles. The second-order valence-electron chi connectivity index (χ2n) is 6.83. The summed E-state index contributed by atoms with van der Waals surface area (Å²) in [7, 11) is 0. The van der Waals surface area contributed by atoms with Gasteiger partial charge in [0.2, 0.25) is 23.6 Å². The molecule has 10 N–H and O–H groups in total. The first-order chi connectivity index (χ1) is 14.7. The zero-order valence-corrected chi connectivity index (χ0v) is 17.2. The van der Waals surface area contributed by atoms with E-state index in [0.717, 1.165) is 0 Å². The summed E-state index contributed by atoms with van der Waals surface area (Å²) in [5.41, 5.74) is 10.5. The molecule has 0 bridgehead atoms. The first kappa shape index (κ1) is 28.2. The summed E-state index contributed by atoms with van der Waals surface area (Å²) in [4.78, 5) is 80.2. The van der Waals surface area contributed by atoms with E-state index in [1.54, 1.807) is 0 Å². The number of aliphatic carboxylic acids is 3. The molecule has 0 saturated carbocycles. The van der Waals surface area contributed by atoms with Crippen LogP contribution in [0.4, 0.5) is 0 Å². The predicted molar refractivity (Wildman–Crippen MR) is 105 cm³/mol. The van der Waals surface area contributed by atoms with Gasteiger partial charge in [-0.1, -0.05) is 0 Å². The van der Waals surface area contributed by atoms with Crippen molar-refractivity contribution in [3.63, 3.8) is 0 Å². The van der Waals surface area contributed by atoms with E-state index < -0.39 is 72.1 Å². The summed E-state index contributed by atoms with van der Waals surface area (Å²) in [5.74, 6) is -7.93. The molecule has 0 aromatic heterocycles. The van der Waals surface area contributed by atoms with Crippen molar-refractivity contribution in [2.45, 2.75) is 63.2 Å². The highest BCUT2D eigenvalue weighted by Gasteiger charge is 2.30. The van der Waals surface area contributed by atoms with Gasteiger partial charge in [0.15, 0.2) is 0 Å². The highest BCUT2D eigenvalue weighted by atomic mass is 16.4. The van der Waals surface area contributed by atoms with Gasteiger partial charge in [-0.25, -0.2) is 4.79 Å². The van der Waals surface area contributed by atoms with Gasteiger partial charge in [0.1, 0.15) is 18.1 Å². The lowest BCUT2D eigenvalue weighted by molar-refractivity contribution is -0.144. The van der Waals surface area contributed by atoms with Gasteiger partial charge in [0, 0.05) is 12.8 Å². The molecule has 4 atom stereocenters. The van der Waals surface area contributed by atoms with Crippen molar-refractivity contribution in [1.82, 2.24) is 16.0 Å². The summed E-state index contributed by atoms with van der Waals surface area (Å²) in [6.07, 6.45) is -2.19. The smallest absolute Gasteiger partial charge is 0.326 e. The summed E-state index contributed by atoms with van der Waals surface area (Å²) < 4.78 is 0. The Morgan fingerprint density at radius 1 is 0.750 bits per heavy atom. The predicted octanol–water partition coefficient (Wildman–Crippen LogP) is -3.52. The summed E-state index contributed by atoms with van der Waals surface area (Å²) >= 11 is 0. The number of nitrogens with two attached hydrogens (primary N) is 2. The number of carbonyl (C=O) groups is 7. The van der Waals surface area contributed by atoms with Crippen molar-refractivity contribution >= 4 is 41.5 Å². The van der Waals surface area contributed by atoms with E-state index in [-0.39, 0.29) is 25.7 Å². The Morgan fingerprint density at radius 2 is 1.31 bits per heavy atom. The number of carboxylic acids is 3. The van der Waals surface area contributed by atoms with Gasteiger partial charge in [0.25, 0.3) is 0 Å². The highest BCUT2D eigenvalue weighted by Crippen LogP contribution is 2.02. The third-order valence-corrected chi connectivity index (χ3v) is 4.06. The van der Waals surface area contributed by atoms with Crippen molar-refractivity contribution in [3.05, 3.63) is 0 Å². The standard InChI is InChI=1S/C17H27N5O10/c1-7(20-15(29)8(18)2-5-12(24)25)14(28)22-10(6-13(26)27)16(30)21-9(17(31)32)3-4-11(19)23/h7-10H,2-6,18H2,1H3,(H2,19,23)(H,20,29)(H,21,30)(H,22,28)(H,24,25)(H,26,27)(H,31,32). The van der Waals surface area contributed by atoms with E-state index in [2.05, 4.69) is 10.6 Å². The second kappa shape index (κ2) is 13.5. The lowest BCUT2D eigenvalue weighted by Gasteiger charge is -2.22. The molecule has 0 fully saturated rings. The number of primary amides is 1. The van der Waals surface area contributed by atoms with Gasteiger partial charge >= 0.3 is 17.9 Å². The van der Waals surface area contributed by atoms with Crippen LogP contribution in [0, 0.1) is 0 Å². The quantitative estimate of drug-likeness (QED) is 0.118. The minimum absolute atomic E-state index is 0.193. The molecule has 4 unspecified atom stereocenters. The van der Waals surface area contributed by atoms with Crippen molar-refractivity contribution < 1.29 is 48.9 Å². The highest BCUT2D eigenvalue weighted by molar-refractivity contribution is 5.95. The zero-order chi connectivity index (χ0) is 25.0. The molecule has 0 aliphatic carbocycles. The monoisotopic (exact) mass is 461 g/mol. The van der Waals surface area contributed by atoms with Gasteiger partial charge in [-0.05, 0) is 19.8 Å². The molecule has 180 valence electrons. The largest absolute Gasteiger partial charge is 0.481 e. The Labute approximate surface area is 181 Å². The lowest BCUT2D eigenvalue weighted by Crippen LogP contribution is -2.56. The van der Waals surface area contributed by atoms with Crippen LogP contribution in [0.25, 0.3) is 0 Å². The molecular weight excluding hydrogens is 434 g/mol. The molecule has 4 amide bonds. The summed E-state index contributed by atoms with van der Waals surface area (Å²) in [6.45, 7) is 1.21. The summed E-state index contributed by atoms with van der Waals surface area (Å²) in [6, 6.07) is -5.77. The first-order valence-corrected chi connectivity index (χ1v) is 9.36. The fraction of sp³-hybridized carbons (Fsp3) is 0.588. The number of hydrogen-bond donors (Lipinski definition) is 8. The van der Waals surface area contributed by atoms with Crippen molar-refractivity contribution in [2.24, 2.45) is 11.5 Å². The van der Waals surface area contributed by atoms with Crippen LogP contribution in [0.1, 0.15) is 39.0 Å². The Kier molecular flexibility index (Phi) is 11.9. The van der Waals surface area contributed by atoms with Crippen LogP contribution < -0.4 is 27.4 Å². The number of nitrogens with one attached hydrogen (secondary N) is 3. The van der Waals surface area contributed by atoms with E-state index in [1.807, 2.05) is 5.32 Å². The third-order valence-electron chi connectivity index (χ3n) is 4.06. The van der Waals surface area contributed by atoms with Gasteiger partial charge in [0.05, 0.1) is 12.5 Å². The maximum atomic E-state index is 12.3.